The summed E-state index contributed by atoms with van der Waals surface area (Å²) in [4.78, 5) is 26.8. The smallest absolute Gasteiger partial charge is 0.417 e. The minimum Gasteiger partial charge on any atom is -0.419 e. The van der Waals surface area contributed by atoms with Crippen LogP contribution < -0.4 is 4.90 Å². The van der Waals surface area contributed by atoms with Crippen molar-refractivity contribution in [2.75, 3.05) is 38.1 Å². The number of aliphatic hydroxyl groups excluding tert-OH is 1. The Kier molecular flexibility index (Phi) is 14.8. The van der Waals surface area contributed by atoms with Gasteiger partial charge in [-0.05, 0) is 57.7 Å². The molecule has 0 aliphatic carbocycles. The highest BCUT2D eigenvalue weighted by Crippen LogP contribution is 2.53. The molecule has 4 rings (SSSR count). The number of carbonyl (C=O) groups is 1. The van der Waals surface area contributed by atoms with Crippen molar-refractivity contribution in [1.82, 2.24) is 9.80 Å². The molecule has 0 aromatic heterocycles. The molecule has 46 heavy (non-hydrogen) atoms. The molecular formula is C37H60N4O4S. The van der Waals surface area contributed by atoms with Crippen molar-refractivity contribution in [2.45, 2.75) is 136 Å². The lowest BCUT2D eigenvalue weighted by atomic mass is 9.86. The first-order valence-corrected chi connectivity index (χ1v) is 18.9. The van der Waals surface area contributed by atoms with Gasteiger partial charge in [-0.1, -0.05) is 102 Å². The van der Waals surface area contributed by atoms with Gasteiger partial charge in [0, 0.05) is 26.2 Å². The first-order valence-electron chi connectivity index (χ1n) is 18.0. The highest BCUT2D eigenvalue weighted by atomic mass is 32.2. The van der Waals surface area contributed by atoms with Crippen LogP contribution in [-0.2, 0) is 9.47 Å². The summed E-state index contributed by atoms with van der Waals surface area (Å²) in [6.45, 7) is 12.0. The van der Waals surface area contributed by atoms with Crippen LogP contribution in [-0.4, -0.2) is 78.0 Å². The van der Waals surface area contributed by atoms with E-state index < -0.39 is 24.1 Å². The van der Waals surface area contributed by atoms with Crippen LogP contribution in [0.1, 0.15) is 118 Å². The molecule has 0 saturated carbocycles. The van der Waals surface area contributed by atoms with Gasteiger partial charge < -0.3 is 24.4 Å². The number of likely N-dealkylation sites (N-methyl/N-ethyl adjacent to an activating group) is 1. The lowest BCUT2D eigenvalue weighted by Gasteiger charge is -2.42. The van der Waals surface area contributed by atoms with E-state index in [0.717, 1.165) is 61.1 Å². The Bertz CT molecular complexity index is 1150. The minimum absolute atomic E-state index is 0.259. The van der Waals surface area contributed by atoms with E-state index in [0.29, 0.717) is 6.42 Å². The molecule has 0 spiro atoms. The topological polar surface area (TPSA) is 77.8 Å². The average Bonchev–Trinajstić information content (AvgIpc) is 3.27. The largest absolute Gasteiger partial charge is 0.419 e. The van der Waals surface area contributed by atoms with Crippen LogP contribution in [0.2, 0.25) is 0 Å². The zero-order valence-corrected chi connectivity index (χ0v) is 30.0. The Labute approximate surface area is 283 Å². The summed E-state index contributed by atoms with van der Waals surface area (Å²) >= 11 is 1.68. The lowest BCUT2D eigenvalue weighted by molar-refractivity contribution is -0.200. The van der Waals surface area contributed by atoms with Crippen LogP contribution in [0.15, 0.2) is 40.2 Å². The normalized spacial score (nSPS) is 22.9. The molecule has 4 atom stereocenters. The second kappa shape index (κ2) is 18.5. The molecule has 1 saturated heterocycles. The van der Waals surface area contributed by atoms with Crippen molar-refractivity contribution in [3.05, 3.63) is 35.2 Å². The number of unbranched alkanes of at least 4 members (excludes halogenated alkanes) is 12. The maximum absolute atomic E-state index is 13.9. The Morgan fingerprint density at radius 3 is 2.20 bits per heavy atom. The van der Waals surface area contributed by atoms with Gasteiger partial charge in [-0.2, -0.15) is 0 Å². The maximum Gasteiger partial charge on any atom is 0.417 e. The molecule has 9 heteroatoms. The van der Waals surface area contributed by atoms with Gasteiger partial charge in [0.15, 0.2) is 6.29 Å². The molecule has 3 heterocycles. The van der Waals surface area contributed by atoms with Gasteiger partial charge in [0.2, 0.25) is 6.29 Å². The summed E-state index contributed by atoms with van der Waals surface area (Å²) in [5.74, 6) is 0.996. The average molecular weight is 657 g/mol. The van der Waals surface area contributed by atoms with E-state index in [-0.39, 0.29) is 5.37 Å². The molecule has 1 aromatic carbocycles. The van der Waals surface area contributed by atoms with E-state index >= 15 is 0 Å². The number of amidine groups is 1. The number of amides is 1. The number of carbonyl (C=O) groups excluding carboxylic acids is 1. The van der Waals surface area contributed by atoms with Crippen LogP contribution in [0.3, 0.4) is 0 Å². The fourth-order valence-electron chi connectivity index (χ4n) is 6.92. The number of para-hydroxylation sites is 2. The van der Waals surface area contributed by atoms with Gasteiger partial charge in [0.1, 0.15) is 11.2 Å². The number of ether oxygens (including phenoxy) is 2. The highest BCUT2D eigenvalue weighted by Gasteiger charge is 2.52. The van der Waals surface area contributed by atoms with E-state index in [1.54, 1.807) is 23.6 Å². The molecule has 1 fully saturated rings. The molecule has 0 bridgehead atoms. The fourth-order valence-corrected chi connectivity index (χ4v) is 8.31. The zero-order valence-electron chi connectivity index (χ0n) is 29.2. The minimum atomic E-state index is -0.964. The Balaban J connectivity index is 1.25. The van der Waals surface area contributed by atoms with Crippen LogP contribution in [0.5, 0.6) is 0 Å². The maximum atomic E-state index is 13.9. The molecule has 3 aliphatic rings. The first kappa shape index (κ1) is 36.8. The fraction of sp³-hybridized carbons (Fsp3) is 0.730. The van der Waals surface area contributed by atoms with Crippen molar-refractivity contribution >= 4 is 35.1 Å². The number of aliphatic imine (C=N–C) groups is 1. The number of nitrogens with zero attached hydrogens (tertiary/aromatic N) is 4. The van der Waals surface area contributed by atoms with Crippen LogP contribution in [0.4, 0.5) is 16.2 Å². The van der Waals surface area contributed by atoms with Crippen molar-refractivity contribution < 1.29 is 19.4 Å². The van der Waals surface area contributed by atoms with Crippen molar-refractivity contribution in [2.24, 2.45) is 10.4 Å². The van der Waals surface area contributed by atoms with Gasteiger partial charge in [-0.25, -0.2) is 9.79 Å². The third-order valence-electron chi connectivity index (χ3n) is 9.57. The standard InChI is InChI=1S/C37H60N4O4S/c1-6-7-8-9-10-11-12-13-14-15-16-17-18-23-33(42)44-30(3)45-36(43)41-32-22-20-19-21-31(32)38-34(40-26-24-39(5)25-27-40)37(4)28-29(2)46-35(37)41/h19-22,28,30,33,35,42H,6-18,23-27H2,1-5H3/t30?,33-,35?,37?/m0/s1. The Hall–Kier alpha value is -2.07. The monoisotopic (exact) mass is 656 g/mol. The molecule has 3 unspecified atom stereocenters. The third kappa shape index (κ3) is 10.2. The lowest BCUT2D eigenvalue weighted by Crippen LogP contribution is -2.56. The molecule has 3 aliphatic heterocycles. The summed E-state index contributed by atoms with van der Waals surface area (Å²) in [5.41, 5.74) is 0.982. The van der Waals surface area contributed by atoms with Gasteiger partial charge in [-0.15, -0.1) is 11.8 Å². The van der Waals surface area contributed by atoms with Gasteiger partial charge >= 0.3 is 6.09 Å². The SMILES string of the molecule is CCCCCCCCCCCCCCC[C@@H](O)OC(C)OC(=O)N1c2ccccc2N=C(N2CCN(C)CC2)C2(C)C=C(C)SC12. The number of hydrogen-bond acceptors (Lipinski definition) is 8. The van der Waals surface area contributed by atoms with E-state index in [1.165, 1.54) is 70.6 Å². The molecule has 1 amide bonds. The summed E-state index contributed by atoms with van der Waals surface area (Å²) in [6.07, 6.45) is 17.1. The van der Waals surface area contributed by atoms with Crippen molar-refractivity contribution in [1.29, 1.82) is 0 Å². The van der Waals surface area contributed by atoms with Crippen LogP contribution in [0, 0.1) is 5.41 Å². The summed E-state index contributed by atoms with van der Waals surface area (Å²) < 4.78 is 11.6. The van der Waals surface area contributed by atoms with Crippen LogP contribution >= 0.6 is 11.8 Å². The predicted molar refractivity (Wildman–Crippen MR) is 192 cm³/mol. The van der Waals surface area contributed by atoms with Gasteiger partial charge in [-0.3, -0.25) is 4.90 Å². The molecule has 1 aromatic rings. The van der Waals surface area contributed by atoms with E-state index in [9.17, 15) is 9.90 Å². The molecular weight excluding hydrogens is 596 g/mol. The van der Waals surface area contributed by atoms with Crippen molar-refractivity contribution in [3.63, 3.8) is 0 Å². The second-order valence-electron chi connectivity index (χ2n) is 13.7. The summed E-state index contributed by atoms with van der Waals surface area (Å²) in [7, 11) is 2.15. The number of piperazine rings is 1. The van der Waals surface area contributed by atoms with E-state index in [2.05, 4.69) is 43.7 Å². The third-order valence-corrected chi connectivity index (χ3v) is 11.0. The number of rotatable bonds is 17. The quantitative estimate of drug-likeness (QED) is 0.132. The molecule has 8 nitrogen and oxygen atoms in total. The molecule has 258 valence electrons. The van der Waals surface area contributed by atoms with E-state index in [1.807, 2.05) is 24.3 Å². The number of hydrogen-bond donors (Lipinski definition) is 1. The number of thioether (sulfide) groups is 1. The first-order chi connectivity index (χ1) is 22.2. The van der Waals surface area contributed by atoms with Crippen LogP contribution in [0.25, 0.3) is 0 Å². The Morgan fingerprint density at radius 2 is 1.57 bits per heavy atom. The highest BCUT2D eigenvalue weighted by molar-refractivity contribution is 8.04. The number of anilines is 1. The molecule has 0 radical (unpaired) electrons. The Morgan fingerprint density at radius 1 is 0.978 bits per heavy atom. The number of fused-ring (bicyclic) bond motifs is 2. The summed E-state index contributed by atoms with van der Waals surface area (Å²) in [5, 5.41) is 10.3. The van der Waals surface area contributed by atoms with Gasteiger partial charge in [0.25, 0.3) is 0 Å². The summed E-state index contributed by atoms with van der Waals surface area (Å²) in [6, 6.07) is 7.81. The number of aliphatic hydroxyl groups is 1. The second-order valence-corrected chi connectivity index (χ2v) is 15.0. The van der Waals surface area contributed by atoms with Gasteiger partial charge in [0.05, 0.1) is 16.8 Å². The van der Waals surface area contributed by atoms with E-state index in [4.69, 9.17) is 14.5 Å². The molecule has 1 N–H and O–H groups in total. The predicted octanol–water partition coefficient (Wildman–Crippen LogP) is 9.07. The number of allylic oxidation sites excluding steroid dienone is 1. The zero-order chi connectivity index (χ0) is 32.9. The van der Waals surface area contributed by atoms with Crippen molar-refractivity contribution in [3.8, 4) is 0 Å². The number of benzene rings is 1.